The van der Waals surface area contributed by atoms with Crippen LogP contribution in [0, 0.1) is 0 Å². The maximum Gasteiger partial charge on any atom is 0.0476 e. The Morgan fingerprint density at radius 2 is 1.94 bits per heavy atom. The molecule has 0 aromatic rings. The second-order valence-electron chi connectivity index (χ2n) is 3.31. The van der Waals surface area contributed by atoms with Crippen LogP contribution in [0.5, 0.6) is 0 Å². The summed E-state index contributed by atoms with van der Waals surface area (Å²) in [4.78, 5) is 2.10. The Labute approximate surface area is 121 Å². The molecule has 1 atom stereocenters. The van der Waals surface area contributed by atoms with Crippen molar-refractivity contribution in [3.63, 3.8) is 0 Å². The molecule has 0 saturated heterocycles. The van der Waals surface area contributed by atoms with Crippen molar-refractivity contribution >= 4 is 37.2 Å². The van der Waals surface area contributed by atoms with Gasteiger partial charge in [-0.15, -0.1) is 37.2 Å². The monoisotopic (exact) mass is 297 g/mol. The van der Waals surface area contributed by atoms with Crippen molar-refractivity contribution in [3.05, 3.63) is 48.5 Å². The zero-order valence-corrected chi connectivity index (χ0v) is 11.7. The standard InChI is InChI=1S/C11H15N3.3ClH/c12-5-6-13-10-4-8-14-7-2-1-3-11(14)9-10;;;/h1-4,7-10,13H,5-6,12H2;3*1H. The van der Waals surface area contributed by atoms with E-state index in [0.29, 0.717) is 12.6 Å². The van der Waals surface area contributed by atoms with E-state index >= 15 is 0 Å². The third-order valence-electron chi connectivity index (χ3n) is 2.25. The van der Waals surface area contributed by atoms with Crippen molar-refractivity contribution in [2.24, 2.45) is 5.73 Å². The summed E-state index contributed by atoms with van der Waals surface area (Å²) in [5.74, 6) is 0. The summed E-state index contributed by atoms with van der Waals surface area (Å²) in [5, 5.41) is 3.33. The lowest BCUT2D eigenvalue weighted by atomic mass is 10.1. The average molecular weight is 299 g/mol. The maximum atomic E-state index is 5.43. The van der Waals surface area contributed by atoms with Crippen molar-refractivity contribution in [1.82, 2.24) is 10.2 Å². The van der Waals surface area contributed by atoms with Gasteiger partial charge in [-0.2, -0.15) is 0 Å². The van der Waals surface area contributed by atoms with Crippen LogP contribution in [0.1, 0.15) is 0 Å². The quantitative estimate of drug-likeness (QED) is 0.837. The molecule has 3 nitrogen and oxygen atoms in total. The molecule has 0 aromatic heterocycles. The number of hydrogen-bond donors (Lipinski definition) is 2. The first-order chi connectivity index (χ1) is 6.90. The molecule has 6 heteroatoms. The summed E-state index contributed by atoms with van der Waals surface area (Å²) in [6.07, 6.45) is 14.6. The topological polar surface area (TPSA) is 41.3 Å². The fourth-order valence-corrected chi connectivity index (χ4v) is 1.55. The van der Waals surface area contributed by atoms with Crippen molar-refractivity contribution in [2.75, 3.05) is 13.1 Å². The van der Waals surface area contributed by atoms with Gasteiger partial charge in [0, 0.05) is 37.2 Å². The molecule has 3 N–H and O–H groups in total. The molecule has 98 valence electrons. The third-order valence-corrected chi connectivity index (χ3v) is 2.25. The average Bonchev–Trinajstić information content (AvgIpc) is 2.26. The minimum absolute atomic E-state index is 0. The molecule has 0 fully saturated rings. The van der Waals surface area contributed by atoms with E-state index in [9.17, 15) is 0 Å². The Morgan fingerprint density at radius 1 is 1.18 bits per heavy atom. The van der Waals surface area contributed by atoms with Crippen LogP contribution >= 0.6 is 37.2 Å². The van der Waals surface area contributed by atoms with E-state index in [-0.39, 0.29) is 37.2 Å². The van der Waals surface area contributed by atoms with E-state index in [1.54, 1.807) is 0 Å². The molecule has 17 heavy (non-hydrogen) atoms. The zero-order valence-electron chi connectivity index (χ0n) is 9.28. The van der Waals surface area contributed by atoms with Gasteiger partial charge in [0.25, 0.3) is 0 Å². The van der Waals surface area contributed by atoms with Crippen LogP contribution in [0.4, 0.5) is 0 Å². The van der Waals surface area contributed by atoms with Crippen LogP contribution < -0.4 is 11.1 Å². The molecular formula is C11H18Cl3N3. The molecule has 0 bridgehead atoms. The second-order valence-corrected chi connectivity index (χ2v) is 3.31. The minimum atomic E-state index is 0. The first kappa shape index (κ1) is 18.9. The lowest BCUT2D eigenvalue weighted by Gasteiger charge is -2.26. The van der Waals surface area contributed by atoms with Gasteiger partial charge < -0.3 is 16.0 Å². The van der Waals surface area contributed by atoms with E-state index in [2.05, 4.69) is 34.6 Å². The predicted octanol–water partition coefficient (Wildman–Crippen LogP) is 1.97. The molecule has 2 heterocycles. The Balaban J connectivity index is 0. The van der Waals surface area contributed by atoms with Crippen LogP contribution in [-0.2, 0) is 0 Å². The number of allylic oxidation sites excluding steroid dienone is 3. The highest BCUT2D eigenvalue weighted by Gasteiger charge is 2.11. The smallest absolute Gasteiger partial charge is 0.0476 e. The largest absolute Gasteiger partial charge is 0.329 e. The van der Waals surface area contributed by atoms with E-state index in [0.717, 1.165) is 6.54 Å². The van der Waals surface area contributed by atoms with Crippen LogP contribution in [0.2, 0.25) is 0 Å². The molecule has 0 radical (unpaired) electrons. The molecule has 0 saturated carbocycles. The van der Waals surface area contributed by atoms with Crippen LogP contribution in [0.15, 0.2) is 48.5 Å². The summed E-state index contributed by atoms with van der Waals surface area (Å²) in [7, 11) is 0. The fourth-order valence-electron chi connectivity index (χ4n) is 1.55. The number of nitrogens with two attached hydrogens (primary N) is 1. The summed E-state index contributed by atoms with van der Waals surface area (Å²) in [6, 6.07) is 0.306. The van der Waals surface area contributed by atoms with Gasteiger partial charge >= 0.3 is 0 Å². The Bertz CT molecular complexity index is 324. The lowest BCUT2D eigenvalue weighted by molar-refractivity contribution is 0.585. The predicted molar refractivity (Wildman–Crippen MR) is 79.9 cm³/mol. The summed E-state index contributed by atoms with van der Waals surface area (Å²) in [5.41, 5.74) is 6.65. The van der Waals surface area contributed by atoms with E-state index in [1.807, 2.05) is 18.4 Å². The van der Waals surface area contributed by atoms with Crippen LogP contribution in [-0.4, -0.2) is 24.0 Å². The number of rotatable bonds is 3. The van der Waals surface area contributed by atoms with Crippen molar-refractivity contribution in [1.29, 1.82) is 0 Å². The normalized spacial score (nSPS) is 19.5. The molecule has 2 aliphatic rings. The number of nitrogens with one attached hydrogen (secondary N) is 1. The van der Waals surface area contributed by atoms with Gasteiger partial charge in [-0.05, 0) is 24.3 Å². The van der Waals surface area contributed by atoms with Gasteiger partial charge in [0.15, 0.2) is 0 Å². The van der Waals surface area contributed by atoms with E-state index in [1.165, 1.54) is 5.70 Å². The Hall–Kier alpha value is -0.450. The molecule has 2 rings (SSSR count). The summed E-state index contributed by atoms with van der Waals surface area (Å²) >= 11 is 0. The third kappa shape index (κ3) is 5.15. The zero-order chi connectivity index (χ0) is 9.80. The Kier molecular flexibility index (Phi) is 10.6. The van der Waals surface area contributed by atoms with Crippen LogP contribution in [0.3, 0.4) is 0 Å². The highest BCUT2D eigenvalue weighted by Crippen LogP contribution is 2.17. The highest BCUT2D eigenvalue weighted by atomic mass is 35.5. The van der Waals surface area contributed by atoms with Gasteiger partial charge in [-0.1, -0.05) is 6.08 Å². The van der Waals surface area contributed by atoms with Gasteiger partial charge in [0.05, 0.1) is 0 Å². The molecule has 0 aromatic carbocycles. The number of halogens is 3. The maximum absolute atomic E-state index is 5.43. The molecule has 1 unspecified atom stereocenters. The molecule has 0 aliphatic carbocycles. The SMILES string of the molecule is Cl.Cl.Cl.NCCNC1C=CN2C=CC=CC2=C1. The number of nitrogens with zero attached hydrogens (tertiary/aromatic N) is 1. The Morgan fingerprint density at radius 3 is 2.65 bits per heavy atom. The molecule has 0 spiro atoms. The molecule has 2 aliphatic heterocycles. The second kappa shape index (κ2) is 9.57. The summed E-state index contributed by atoms with van der Waals surface area (Å²) < 4.78 is 0. The van der Waals surface area contributed by atoms with Gasteiger partial charge in [-0.25, -0.2) is 0 Å². The van der Waals surface area contributed by atoms with Gasteiger partial charge in [0.1, 0.15) is 0 Å². The minimum Gasteiger partial charge on any atom is -0.329 e. The van der Waals surface area contributed by atoms with Crippen molar-refractivity contribution in [2.45, 2.75) is 6.04 Å². The molecular weight excluding hydrogens is 281 g/mol. The van der Waals surface area contributed by atoms with Gasteiger partial charge in [0.2, 0.25) is 0 Å². The first-order valence-corrected chi connectivity index (χ1v) is 4.87. The highest BCUT2D eigenvalue weighted by molar-refractivity contribution is 5.86. The first-order valence-electron chi connectivity index (χ1n) is 4.87. The lowest BCUT2D eigenvalue weighted by Crippen LogP contribution is -2.33. The number of hydrogen-bond acceptors (Lipinski definition) is 3. The van der Waals surface area contributed by atoms with Crippen molar-refractivity contribution in [3.8, 4) is 0 Å². The van der Waals surface area contributed by atoms with Crippen LogP contribution in [0.25, 0.3) is 0 Å². The van der Waals surface area contributed by atoms with E-state index in [4.69, 9.17) is 5.73 Å². The molecule has 0 amide bonds. The number of fused-ring (bicyclic) bond motifs is 1. The van der Waals surface area contributed by atoms with Crippen molar-refractivity contribution < 1.29 is 0 Å². The summed E-state index contributed by atoms with van der Waals surface area (Å²) in [6.45, 7) is 1.52. The van der Waals surface area contributed by atoms with E-state index < -0.39 is 0 Å². The fraction of sp³-hybridized carbons (Fsp3) is 0.273. The van der Waals surface area contributed by atoms with Gasteiger partial charge in [-0.3, -0.25) is 0 Å².